The predicted octanol–water partition coefficient (Wildman–Crippen LogP) is 1.87. The SMILES string of the molecule is CC(N)C1CCN(C(=O)c2cc3c([nH]c2=O)CCCC3)CC1.Cl. The van der Waals surface area contributed by atoms with E-state index < -0.39 is 0 Å². The van der Waals surface area contributed by atoms with Gasteiger partial charge < -0.3 is 15.6 Å². The topological polar surface area (TPSA) is 79.2 Å². The molecule has 1 atom stereocenters. The standard InChI is InChI=1S/C17H25N3O2.ClH/c1-11(18)12-6-8-20(9-7-12)17(22)14-10-13-4-2-3-5-15(13)19-16(14)21;/h10-12H,2-9,18H2,1H3,(H,19,21);1H. The van der Waals surface area contributed by atoms with Crippen molar-refractivity contribution in [2.24, 2.45) is 11.7 Å². The number of nitrogens with zero attached hydrogens (tertiary/aromatic N) is 1. The van der Waals surface area contributed by atoms with Crippen molar-refractivity contribution in [2.45, 2.75) is 51.5 Å². The lowest BCUT2D eigenvalue weighted by Crippen LogP contribution is -2.44. The summed E-state index contributed by atoms with van der Waals surface area (Å²) in [4.78, 5) is 29.6. The molecule has 0 spiro atoms. The number of piperidine rings is 1. The maximum absolute atomic E-state index is 12.7. The molecule has 0 aromatic carbocycles. The molecule has 3 rings (SSSR count). The Labute approximate surface area is 143 Å². The lowest BCUT2D eigenvalue weighted by molar-refractivity contribution is 0.0679. The number of carbonyl (C=O) groups is 1. The smallest absolute Gasteiger partial charge is 0.261 e. The zero-order chi connectivity index (χ0) is 15.7. The van der Waals surface area contributed by atoms with Gasteiger partial charge in [-0.2, -0.15) is 0 Å². The second-order valence-electron chi connectivity index (χ2n) is 6.71. The number of hydrogen-bond donors (Lipinski definition) is 2. The Morgan fingerprint density at radius 3 is 2.61 bits per heavy atom. The molecule has 5 nitrogen and oxygen atoms in total. The van der Waals surface area contributed by atoms with Gasteiger partial charge in [-0.3, -0.25) is 9.59 Å². The lowest BCUT2D eigenvalue weighted by atomic mass is 9.90. The minimum atomic E-state index is -0.236. The molecule has 0 radical (unpaired) electrons. The van der Waals surface area contributed by atoms with Crippen molar-refractivity contribution in [1.29, 1.82) is 0 Å². The number of amides is 1. The summed E-state index contributed by atoms with van der Waals surface area (Å²) in [6.45, 7) is 3.42. The van der Waals surface area contributed by atoms with Crippen LogP contribution in [0.25, 0.3) is 0 Å². The molecule has 2 aliphatic rings. The van der Waals surface area contributed by atoms with Crippen LogP contribution in [-0.4, -0.2) is 34.9 Å². The molecule has 1 unspecified atom stereocenters. The van der Waals surface area contributed by atoms with Crippen molar-refractivity contribution in [3.8, 4) is 0 Å². The van der Waals surface area contributed by atoms with Gasteiger partial charge in [0.1, 0.15) is 5.56 Å². The van der Waals surface area contributed by atoms with Gasteiger partial charge in [-0.1, -0.05) is 0 Å². The van der Waals surface area contributed by atoms with Crippen LogP contribution in [0.4, 0.5) is 0 Å². The quantitative estimate of drug-likeness (QED) is 0.863. The fraction of sp³-hybridized carbons (Fsp3) is 0.647. The molecule has 2 heterocycles. The fourth-order valence-corrected chi connectivity index (χ4v) is 3.63. The maximum atomic E-state index is 12.7. The second-order valence-corrected chi connectivity index (χ2v) is 6.71. The van der Waals surface area contributed by atoms with Gasteiger partial charge in [-0.05, 0) is 63.0 Å². The van der Waals surface area contributed by atoms with Gasteiger partial charge in [-0.15, -0.1) is 12.4 Å². The monoisotopic (exact) mass is 339 g/mol. The van der Waals surface area contributed by atoms with Crippen LogP contribution >= 0.6 is 12.4 Å². The average molecular weight is 340 g/mol. The zero-order valence-electron chi connectivity index (χ0n) is 13.6. The summed E-state index contributed by atoms with van der Waals surface area (Å²) in [6, 6.07) is 2.00. The van der Waals surface area contributed by atoms with Crippen LogP contribution in [0.5, 0.6) is 0 Å². The number of rotatable bonds is 2. The van der Waals surface area contributed by atoms with Crippen molar-refractivity contribution in [2.75, 3.05) is 13.1 Å². The Kier molecular flexibility index (Phi) is 5.87. The molecule has 128 valence electrons. The van der Waals surface area contributed by atoms with E-state index in [-0.39, 0.29) is 29.9 Å². The van der Waals surface area contributed by atoms with Crippen LogP contribution in [-0.2, 0) is 12.8 Å². The summed E-state index contributed by atoms with van der Waals surface area (Å²) >= 11 is 0. The van der Waals surface area contributed by atoms with E-state index in [1.807, 2.05) is 13.0 Å². The predicted molar refractivity (Wildman–Crippen MR) is 93.2 cm³/mol. The Morgan fingerprint density at radius 2 is 1.96 bits per heavy atom. The molecule has 1 fully saturated rings. The molecule has 0 bridgehead atoms. The number of halogens is 1. The number of fused-ring (bicyclic) bond motifs is 1. The van der Waals surface area contributed by atoms with E-state index in [4.69, 9.17) is 5.73 Å². The first-order valence-corrected chi connectivity index (χ1v) is 8.36. The third-order valence-electron chi connectivity index (χ3n) is 5.14. The summed E-state index contributed by atoms with van der Waals surface area (Å²) < 4.78 is 0. The third-order valence-corrected chi connectivity index (χ3v) is 5.14. The molecular formula is C17H26ClN3O2. The van der Waals surface area contributed by atoms with Gasteiger partial charge in [-0.25, -0.2) is 0 Å². The largest absolute Gasteiger partial charge is 0.338 e. The van der Waals surface area contributed by atoms with E-state index in [0.29, 0.717) is 24.6 Å². The first kappa shape index (κ1) is 18.0. The van der Waals surface area contributed by atoms with Crippen LogP contribution in [0.1, 0.15) is 54.2 Å². The highest BCUT2D eigenvalue weighted by molar-refractivity contribution is 5.94. The number of carbonyl (C=O) groups excluding carboxylic acids is 1. The number of aromatic nitrogens is 1. The van der Waals surface area contributed by atoms with Gasteiger partial charge >= 0.3 is 0 Å². The van der Waals surface area contributed by atoms with Crippen LogP contribution in [0.15, 0.2) is 10.9 Å². The van der Waals surface area contributed by atoms with E-state index in [9.17, 15) is 9.59 Å². The highest BCUT2D eigenvalue weighted by Gasteiger charge is 2.27. The van der Waals surface area contributed by atoms with Gasteiger partial charge in [0, 0.05) is 24.8 Å². The fourth-order valence-electron chi connectivity index (χ4n) is 3.63. The van der Waals surface area contributed by atoms with Gasteiger partial charge in [0.15, 0.2) is 0 Å². The Hall–Kier alpha value is -1.33. The second kappa shape index (κ2) is 7.49. The lowest BCUT2D eigenvalue weighted by Gasteiger charge is -2.33. The average Bonchev–Trinajstić information content (AvgIpc) is 2.53. The highest BCUT2D eigenvalue weighted by atomic mass is 35.5. The van der Waals surface area contributed by atoms with Crippen LogP contribution in [0.3, 0.4) is 0 Å². The highest BCUT2D eigenvalue weighted by Crippen LogP contribution is 2.22. The molecule has 1 aliphatic carbocycles. The normalized spacial score (nSPS) is 19.7. The maximum Gasteiger partial charge on any atom is 0.261 e. The van der Waals surface area contributed by atoms with E-state index >= 15 is 0 Å². The molecule has 1 saturated heterocycles. The van der Waals surface area contributed by atoms with Crippen LogP contribution < -0.4 is 11.3 Å². The number of nitrogens with two attached hydrogens (primary N) is 1. The Balaban J connectivity index is 0.00000192. The summed E-state index contributed by atoms with van der Waals surface area (Å²) in [7, 11) is 0. The van der Waals surface area contributed by atoms with E-state index in [0.717, 1.165) is 49.8 Å². The number of aryl methyl sites for hydroxylation is 2. The number of pyridine rings is 1. The molecule has 3 N–H and O–H groups in total. The number of hydrogen-bond acceptors (Lipinski definition) is 3. The van der Waals surface area contributed by atoms with Gasteiger partial charge in [0.05, 0.1) is 0 Å². The molecular weight excluding hydrogens is 314 g/mol. The minimum absolute atomic E-state index is 0. The first-order chi connectivity index (χ1) is 10.6. The van der Waals surface area contributed by atoms with Crippen molar-refractivity contribution in [1.82, 2.24) is 9.88 Å². The summed E-state index contributed by atoms with van der Waals surface area (Å²) in [5.41, 5.74) is 8.17. The molecule has 1 amide bonds. The summed E-state index contributed by atoms with van der Waals surface area (Å²) in [5, 5.41) is 0. The zero-order valence-corrected chi connectivity index (χ0v) is 14.5. The van der Waals surface area contributed by atoms with E-state index in [1.54, 1.807) is 4.90 Å². The van der Waals surface area contributed by atoms with Crippen molar-refractivity contribution >= 4 is 18.3 Å². The van der Waals surface area contributed by atoms with Gasteiger partial charge in [0.2, 0.25) is 0 Å². The van der Waals surface area contributed by atoms with Crippen molar-refractivity contribution in [3.05, 3.63) is 33.2 Å². The third kappa shape index (κ3) is 3.78. The molecule has 23 heavy (non-hydrogen) atoms. The molecule has 0 saturated carbocycles. The van der Waals surface area contributed by atoms with E-state index in [2.05, 4.69) is 4.98 Å². The van der Waals surface area contributed by atoms with Crippen LogP contribution in [0, 0.1) is 5.92 Å². The number of likely N-dealkylation sites (tertiary alicyclic amines) is 1. The minimum Gasteiger partial charge on any atom is -0.338 e. The number of nitrogens with one attached hydrogen (secondary N) is 1. The first-order valence-electron chi connectivity index (χ1n) is 8.36. The molecule has 6 heteroatoms. The summed E-state index contributed by atoms with van der Waals surface area (Å²) in [5.74, 6) is 0.351. The van der Waals surface area contributed by atoms with Gasteiger partial charge in [0.25, 0.3) is 11.5 Å². The number of H-pyrrole nitrogens is 1. The molecule has 1 aromatic rings. The van der Waals surface area contributed by atoms with Crippen molar-refractivity contribution < 1.29 is 4.79 Å². The number of aromatic amines is 1. The Morgan fingerprint density at radius 1 is 1.30 bits per heavy atom. The van der Waals surface area contributed by atoms with Crippen LogP contribution in [0.2, 0.25) is 0 Å². The Bertz CT molecular complexity index is 619. The summed E-state index contributed by atoms with van der Waals surface area (Å²) in [6.07, 6.45) is 5.96. The molecule has 1 aromatic heterocycles. The molecule has 1 aliphatic heterocycles. The van der Waals surface area contributed by atoms with Crippen molar-refractivity contribution in [3.63, 3.8) is 0 Å². The van der Waals surface area contributed by atoms with E-state index in [1.165, 1.54) is 0 Å².